The maximum atomic E-state index is 2.37. The van der Waals surface area contributed by atoms with Gasteiger partial charge >= 0.3 is 0 Å². The van der Waals surface area contributed by atoms with Crippen molar-refractivity contribution in [3.05, 3.63) is 103 Å². The van der Waals surface area contributed by atoms with Gasteiger partial charge in [-0.15, -0.1) is 0 Å². The van der Waals surface area contributed by atoms with Crippen LogP contribution in [0.3, 0.4) is 0 Å². The van der Waals surface area contributed by atoms with Gasteiger partial charge in [0.15, 0.2) is 0 Å². The minimum atomic E-state index is 1.18. The second-order valence-corrected chi connectivity index (χ2v) is 6.25. The molecule has 5 rings (SSSR count). The van der Waals surface area contributed by atoms with Crippen LogP contribution in [0.25, 0.3) is 22.3 Å². The fourth-order valence-corrected chi connectivity index (χ4v) is 3.73. The number of para-hydroxylation sites is 3. The first-order valence-electron chi connectivity index (χ1n) is 8.56. The molecule has 4 aromatic carbocycles. The summed E-state index contributed by atoms with van der Waals surface area (Å²) >= 11 is 0. The third kappa shape index (κ3) is 2.17. The molecule has 0 bridgehead atoms. The summed E-state index contributed by atoms with van der Waals surface area (Å²) in [6.45, 7) is 0. The molecule has 4 aromatic rings. The lowest BCUT2D eigenvalue weighted by Gasteiger charge is -2.27. The lowest BCUT2D eigenvalue weighted by atomic mass is 9.95. The van der Waals surface area contributed by atoms with Crippen LogP contribution < -0.4 is 4.90 Å². The van der Waals surface area contributed by atoms with Crippen molar-refractivity contribution in [1.29, 1.82) is 0 Å². The standard InChI is InChI=1S/C24H17N/c1-2-10-18(11-3-1)25-23-16-8-6-14-21(23)19-12-4-5-13-20(19)22-15-7-9-17-24(22)25/h1-17H. The fraction of sp³-hybridized carbons (Fsp3) is 0. The fourth-order valence-electron chi connectivity index (χ4n) is 3.73. The van der Waals surface area contributed by atoms with Gasteiger partial charge in [-0.25, -0.2) is 0 Å². The van der Waals surface area contributed by atoms with E-state index in [0.717, 1.165) is 0 Å². The first-order valence-corrected chi connectivity index (χ1v) is 8.56. The van der Waals surface area contributed by atoms with Gasteiger partial charge in [-0.3, -0.25) is 0 Å². The first-order chi connectivity index (χ1) is 12.4. The monoisotopic (exact) mass is 319 g/mol. The topological polar surface area (TPSA) is 3.24 Å². The van der Waals surface area contributed by atoms with Crippen molar-refractivity contribution in [3.63, 3.8) is 0 Å². The third-order valence-electron chi connectivity index (χ3n) is 4.81. The Kier molecular flexibility index (Phi) is 3.17. The highest BCUT2D eigenvalue weighted by molar-refractivity contribution is 6.02. The number of hydrogen-bond donors (Lipinski definition) is 0. The van der Waals surface area contributed by atoms with Crippen molar-refractivity contribution in [3.8, 4) is 22.3 Å². The predicted octanol–water partition coefficient (Wildman–Crippen LogP) is 6.80. The molecule has 0 amide bonds. The summed E-state index contributed by atoms with van der Waals surface area (Å²) in [4.78, 5) is 2.37. The average molecular weight is 319 g/mol. The van der Waals surface area contributed by atoms with E-state index < -0.39 is 0 Å². The molecule has 1 aliphatic heterocycles. The lowest BCUT2D eigenvalue weighted by molar-refractivity contribution is 1.29. The Morgan fingerprint density at radius 3 is 1.28 bits per heavy atom. The second kappa shape index (κ2) is 5.64. The first kappa shape index (κ1) is 14.1. The molecule has 0 radical (unpaired) electrons. The molecule has 25 heavy (non-hydrogen) atoms. The van der Waals surface area contributed by atoms with E-state index in [2.05, 4.69) is 108 Å². The van der Waals surface area contributed by atoms with Crippen LogP contribution in [0.1, 0.15) is 0 Å². The van der Waals surface area contributed by atoms with Crippen molar-refractivity contribution < 1.29 is 0 Å². The smallest absolute Gasteiger partial charge is 0.0540 e. The number of benzene rings is 4. The molecule has 1 heterocycles. The van der Waals surface area contributed by atoms with Gasteiger partial charge in [0.05, 0.1) is 11.4 Å². The van der Waals surface area contributed by atoms with E-state index in [4.69, 9.17) is 0 Å². The number of hydrogen-bond acceptors (Lipinski definition) is 1. The Morgan fingerprint density at radius 1 is 0.360 bits per heavy atom. The normalized spacial score (nSPS) is 11.9. The molecule has 0 saturated heterocycles. The Bertz CT molecular complexity index is 984. The summed E-state index contributed by atoms with van der Waals surface area (Å²) in [6, 6.07) is 36.6. The molecule has 0 aliphatic carbocycles. The molecule has 1 aliphatic rings. The van der Waals surface area contributed by atoms with Crippen LogP contribution in [-0.4, -0.2) is 0 Å². The molecule has 1 heteroatoms. The predicted molar refractivity (Wildman–Crippen MR) is 106 cm³/mol. The van der Waals surface area contributed by atoms with Crippen LogP contribution in [0.2, 0.25) is 0 Å². The summed E-state index contributed by atoms with van der Waals surface area (Å²) < 4.78 is 0. The minimum absolute atomic E-state index is 1.18. The number of nitrogens with zero attached hydrogens (tertiary/aromatic N) is 1. The van der Waals surface area contributed by atoms with Crippen molar-refractivity contribution in [2.24, 2.45) is 0 Å². The molecule has 0 unspecified atom stereocenters. The van der Waals surface area contributed by atoms with Gasteiger partial charge in [-0.05, 0) is 35.4 Å². The molecule has 118 valence electrons. The lowest BCUT2D eigenvalue weighted by Crippen LogP contribution is -2.10. The number of fused-ring (bicyclic) bond motifs is 5. The van der Waals surface area contributed by atoms with Crippen LogP contribution in [0, 0.1) is 0 Å². The SMILES string of the molecule is c1ccc(N2c3ccccc3-c3ccccc3-c3ccccc32)cc1. The minimum Gasteiger partial charge on any atom is -0.309 e. The van der Waals surface area contributed by atoms with Crippen LogP contribution in [0.4, 0.5) is 17.1 Å². The van der Waals surface area contributed by atoms with Crippen LogP contribution in [0.5, 0.6) is 0 Å². The number of rotatable bonds is 1. The zero-order valence-corrected chi connectivity index (χ0v) is 13.8. The highest BCUT2D eigenvalue weighted by Crippen LogP contribution is 2.50. The second-order valence-electron chi connectivity index (χ2n) is 6.25. The molecular formula is C24H17N. The zero-order chi connectivity index (χ0) is 16.6. The Morgan fingerprint density at radius 2 is 0.760 bits per heavy atom. The summed E-state index contributed by atoms with van der Waals surface area (Å²) in [6.07, 6.45) is 0. The third-order valence-corrected chi connectivity index (χ3v) is 4.81. The zero-order valence-electron chi connectivity index (χ0n) is 13.8. The van der Waals surface area contributed by atoms with E-state index in [0.29, 0.717) is 0 Å². The molecule has 0 fully saturated rings. The highest BCUT2D eigenvalue weighted by atomic mass is 15.1. The van der Waals surface area contributed by atoms with Crippen LogP contribution in [0.15, 0.2) is 103 Å². The number of anilines is 3. The van der Waals surface area contributed by atoms with E-state index in [1.54, 1.807) is 0 Å². The average Bonchev–Trinajstić information content (AvgIpc) is 2.82. The van der Waals surface area contributed by atoms with E-state index in [-0.39, 0.29) is 0 Å². The molecule has 0 saturated carbocycles. The Hall–Kier alpha value is -3.32. The van der Waals surface area contributed by atoms with Crippen molar-refractivity contribution in [1.82, 2.24) is 0 Å². The summed E-state index contributed by atoms with van der Waals surface area (Å²) in [5.41, 5.74) is 8.69. The van der Waals surface area contributed by atoms with Gasteiger partial charge in [0.1, 0.15) is 0 Å². The van der Waals surface area contributed by atoms with Gasteiger partial charge < -0.3 is 4.90 Å². The van der Waals surface area contributed by atoms with Crippen LogP contribution >= 0.6 is 0 Å². The van der Waals surface area contributed by atoms with Crippen molar-refractivity contribution in [2.75, 3.05) is 4.90 Å². The van der Waals surface area contributed by atoms with E-state index in [1.165, 1.54) is 39.3 Å². The van der Waals surface area contributed by atoms with Gasteiger partial charge in [-0.1, -0.05) is 78.9 Å². The van der Waals surface area contributed by atoms with Gasteiger partial charge in [0.2, 0.25) is 0 Å². The quantitative estimate of drug-likeness (QED) is 0.328. The summed E-state index contributed by atoms with van der Waals surface area (Å²) in [5.74, 6) is 0. The van der Waals surface area contributed by atoms with E-state index in [1.807, 2.05) is 0 Å². The molecule has 0 spiro atoms. The van der Waals surface area contributed by atoms with Crippen molar-refractivity contribution in [2.45, 2.75) is 0 Å². The van der Waals surface area contributed by atoms with E-state index >= 15 is 0 Å². The van der Waals surface area contributed by atoms with Gasteiger partial charge in [0, 0.05) is 16.8 Å². The molecular weight excluding hydrogens is 302 g/mol. The molecule has 0 atom stereocenters. The molecule has 0 N–H and O–H groups in total. The van der Waals surface area contributed by atoms with Gasteiger partial charge in [0.25, 0.3) is 0 Å². The Labute approximate surface area is 147 Å². The maximum absolute atomic E-state index is 2.37. The maximum Gasteiger partial charge on any atom is 0.0540 e. The highest BCUT2D eigenvalue weighted by Gasteiger charge is 2.24. The van der Waals surface area contributed by atoms with Gasteiger partial charge in [-0.2, -0.15) is 0 Å². The Balaban J connectivity index is 1.92. The summed E-state index contributed by atoms with van der Waals surface area (Å²) in [7, 11) is 0. The molecule has 0 aromatic heterocycles. The molecule has 1 nitrogen and oxygen atoms in total. The largest absolute Gasteiger partial charge is 0.309 e. The van der Waals surface area contributed by atoms with E-state index in [9.17, 15) is 0 Å². The van der Waals surface area contributed by atoms with Crippen molar-refractivity contribution >= 4 is 17.1 Å². The van der Waals surface area contributed by atoms with Crippen LogP contribution in [-0.2, 0) is 0 Å². The summed E-state index contributed by atoms with van der Waals surface area (Å²) in [5, 5.41) is 0.